The van der Waals surface area contributed by atoms with Gasteiger partial charge in [0.15, 0.2) is 5.82 Å². The third-order valence-electron chi connectivity index (χ3n) is 4.50. The highest BCUT2D eigenvalue weighted by Crippen LogP contribution is 2.47. The van der Waals surface area contributed by atoms with Crippen LogP contribution in [0.5, 0.6) is 0 Å². The normalized spacial score (nSPS) is 18.8. The first kappa shape index (κ1) is 15.9. The Hall–Kier alpha value is -2.59. The molecule has 2 atom stereocenters. The highest BCUT2D eigenvalue weighted by molar-refractivity contribution is 6.30. The highest BCUT2D eigenvalue weighted by Gasteiger charge is 2.43. The van der Waals surface area contributed by atoms with Crippen molar-refractivity contribution in [3.8, 4) is 0 Å². The first-order chi connectivity index (χ1) is 12.2. The number of benzene rings is 2. The van der Waals surface area contributed by atoms with E-state index in [0.29, 0.717) is 18.3 Å². The van der Waals surface area contributed by atoms with Gasteiger partial charge in [-0.3, -0.25) is 9.48 Å². The maximum Gasteiger partial charge on any atom is 0.229 e. The molecule has 1 N–H and O–H groups in total. The summed E-state index contributed by atoms with van der Waals surface area (Å²) >= 11 is 5.90. The molecule has 0 spiro atoms. The number of rotatable bonds is 5. The van der Waals surface area contributed by atoms with Crippen molar-refractivity contribution < 1.29 is 4.79 Å². The lowest BCUT2D eigenvalue weighted by molar-refractivity contribution is -0.117. The SMILES string of the molecule is O=C(Nc1ccn(Cc2ccc(Cl)cc2)n1)[C@@H]1C[C@H]1c1ccccc1. The van der Waals surface area contributed by atoms with E-state index in [1.165, 1.54) is 5.56 Å². The van der Waals surface area contributed by atoms with Crippen molar-refractivity contribution in [2.24, 2.45) is 5.92 Å². The van der Waals surface area contributed by atoms with E-state index >= 15 is 0 Å². The Bertz CT molecular complexity index is 873. The third-order valence-corrected chi connectivity index (χ3v) is 4.76. The average molecular weight is 352 g/mol. The molecule has 4 nitrogen and oxygen atoms in total. The quantitative estimate of drug-likeness (QED) is 0.743. The van der Waals surface area contributed by atoms with Gasteiger partial charge in [0.25, 0.3) is 0 Å². The Morgan fingerprint density at radius 1 is 1.12 bits per heavy atom. The fraction of sp³-hybridized carbons (Fsp3) is 0.200. The number of nitrogens with zero attached hydrogens (tertiary/aromatic N) is 2. The van der Waals surface area contributed by atoms with Crippen LogP contribution in [0.1, 0.15) is 23.5 Å². The Labute approximate surface area is 151 Å². The summed E-state index contributed by atoms with van der Waals surface area (Å²) in [5, 5.41) is 8.07. The fourth-order valence-corrected chi connectivity index (χ4v) is 3.19. The van der Waals surface area contributed by atoms with E-state index in [0.717, 1.165) is 17.0 Å². The van der Waals surface area contributed by atoms with Crippen LogP contribution in [0.25, 0.3) is 0 Å². The van der Waals surface area contributed by atoms with E-state index in [2.05, 4.69) is 22.5 Å². The summed E-state index contributed by atoms with van der Waals surface area (Å²) in [7, 11) is 0. The van der Waals surface area contributed by atoms with E-state index in [1.807, 2.05) is 54.7 Å². The second kappa shape index (κ2) is 6.73. The molecule has 1 amide bonds. The first-order valence-electron chi connectivity index (χ1n) is 8.33. The number of hydrogen-bond acceptors (Lipinski definition) is 2. The van der Waals surface area contributed by atoms with Crippen molar-refractivity contribution in [2.75, 3.05) is 5.32 Å². The van der Waals surface area contributed by atoms with Crippen molar-refractivity contribution >= 4 is 23.3 Å². The average Bonchev–Trinajstić information content (AvgIpc) is 3.33. The molecule has 1 fully saturated rings. The van der Waals surface area contributed by atoms with E-state index in [9.17, 15) is 4.79 Å². The van der Waals surface area contributed by atoms with Gasteiger partial charge in [0, 0.05) is 23.2 Å². The van der Waals surface area contributed by atoms with Gasteiger partial charge in [0.1, 0.15) is 0 Å². The predicted octanol–water partition coefficient (Wildman–Crippen LogP) is 4.33. The molecule has 1 heterocycles. The van der Waals surface area contributed by atoms with Gasteiger partial charge in [-0.15, -0.1) is 0 Å². The minimum atomic E-state index is 0.0452. The molecule has 2 aromatic carbocycles. The van der Waals surface area contributed by atoms with Gasteiger partial charge in [-0.2, -0.15) is 5.10 Å². The molecule has 1 aliphatic carbocycles. The molecule has 3 aromatic rings. The fourth-order valence-electron chi connectivity index (χ4n) is 3.07. The molecule has 0 saturated heterocycles. The van der Waals surface area contributed by atoms with Gasteiger partial charge in [-0.25, -0.2) is 0 Å². The lowest BCUT2D eigenvalue weighted by Gasteiger charge is -2.03. The van der Waals surface area contributed by atoms with Crippen molar-refractivity contribution in [3.05, 3.63) is 83.0 Å². The number of anilines is 1. The van der Waals surface area contributed by atoms with Gasteiger partial charge in [0.2, 0.25) is 5.91 Å². The van der Waals surface area contributed by atoms with Crippen LogP contribution in [-0.2, 0) is 11.3 Å². The smallest absolute Gasteiger partial charge is 0.229 e. The van der Waals surface area contributed by atoms with Gasteiger partial charge in [-0.05, 0) is 35.6 Å². The van der Waals surface area contributed by atoms with Crippen LogP contribution in [0.15, 0.2) is 66.9 Å². The van der Waals surface area contributed by atoms with Gasteiger partial charge in [0.05, 0.1) is 6.54 Å². The minimum absolute atomic E-state index is 0.0452. The molecule has 4 rings (SSSR count). The van der Waals surface area contributed by atoms with Crippen molar-refractivity contribution in [2.45, 2.75) is 18.9 Å². The Kier molecular flexibility index (Phi) is 4.28. The highest BCUT2D eigenvalue weighted by atomic mass is 35.5. The van der Waals surface area contributed by atoms with Crippen LogP contribution in [0, 0.1) is 5.92 Å². The molecular formula is C20H18ClN3O. The standard InChI is InChI=1S/C20H18ClN3O/c21-16-8-6-14(7-9-16)13-24-11-10-19(23-24)22-20(25)18-12-17(18)15-4-2-1-3-5-15/h1-11,17-18H,12-13H2,(H,22,23,25)/t17-,18+/m0/s1. The Balaban J connectivity index is 1.35. The Morgan fingerprint density at radius 3 is 2.64 bits per heavy atom. The van der Waals surface area contributed by atoms with Crippen molar-refractivity contribution in [1.29, 1.82) is 0 Å². The second-order valence-corrected chi connectivity index (χ2v) is 6.81. The zero-order valence-electron chi connectivity index (χ0n) is 13.6. The lowest BCUT2D eigenvalue weighted by Crippen LogP contribution is -2.15. The molecule has 0 unspecified atom stereocenters. The van der Waals surface area contributed by atoms with Crippen molar-refractivity contribution in [1.82, 2.24) is 9.78 Å². The molecule has 0 bridgehead atoms. The van der Waals surface area contributed by atoms with E-state index in [4.69, 9.17) is 11.6 Å². The molecule has 1 saturated carbocycles. The summed E-state index contributed by atoms with van der Waals surface area (Å²) < 4.78 is 1.81. The Morgan fingerprint density at radius 2 is 1.88 bits per heavy atom. The molecule has 25 heavy (non-hydrogen) atoms. The van der Waals surface area contributed by atoms with Gasteiger partial charge in [-0.1, -0.05) is 54.1 Å². The van der Waals surface area contributed by atoms with Gasteiger partial charge >= 0.3 is 0 Å². The summed E-state index contributed by atoms with van der Waals surface area (Å²) in [4.78, 5) is 12.4. The number of aromatic nitrogens is 2. The third kappa shape index (κ3) is 3.74. The zero-order chi connectivity index (χ0) is 17.2. The maximum atomic E-state index is 12.4. The molecule has 1 aromatic heterocycles. The monoisotopic (exact) mass is 351 g/mol. The lowest BCUT2D eigenvalue weighted by atomic mass is 10.1. The number of hydrogen-bond donors (Lipinski definition) is 1. The zero-order valence-corrected chi connectivity index (χ0v) is 14.4. The molecule has 126 valence electrons. The summed E-state index contributed by atoms with van der Waals surface area (Å²) in [6, 6.07) is 19.7. The number of amides is 1. The molecule has 1 aliphatic rings. The topological polar surface area (TPSA) is 46.9 Å². The van der Waals surface area contributed by atoms with Crippen LogP contribution in [0.4, 0.5) is 5.82 Å². The van der Waals surface area contributed by atoms with Crippen molar-refractivity contribution in [3.63, 3.8) is 0 Å². The largest absolute Gasteiger partial charge is 0.309 e. The van der Waals surface area contributed by atoms with E-state index in [-0.39, 0.29) is 11.8 Å². The maximum absolute atomic E-state index is 12.4. The second-order valence-electron chi connectivity index (χ2n) is 6.37. The van der Waals surface area contributed by atoms with Crippen LogP contribution >= 0.6 is 11.6 Å². The molecule has 5 heteroatoms. The van der Waals surface area contributed by atoms with Crippen LogP contribution in [0.3, 0.4) is 0 Å². The number of halogens is 1. The molecule has 0 radical (unpaired) electrons. The summed E-state index contributed by atoms with van der Waals surface area (Å²) in [6.07, 6.45) is 2.77. The van der Waals surface area contributed by atoms with Crippen LogP contribution < -0.4 is 5.32 Å². The van der Waals surface area contributed by atoms with E-state index < -0.39 is 0 Å². The molecule has 0 aliphatic heterocycles. The van der Waals surface area contributed by atoms with Crippen LogP contribution in [0.2, 0.25) is 5.02 Å². The summed E-state index contributed by atoms with van der Waals surface area (Å²) in [6.45, 7) is 0.642. The molecular weight excluding hydrogens is 334 g/mol. The van der Waals surface area contributed by atoms with Gasteiger partial charge < -0.3 is 5.32 Å². The summed E-state index contributed by atoms with van der Waals surface area (Å²) in [5.74, 6) is 1.02. The first-order valence-corrected chi connectivity index (χ1v) is 8.70. The number of carbonyl (C=O) groups is 1. The number of carbonyl (C=O) groups excluding carboxylic acids is 1. The minimum Gasteiger partial charge on any atom is -0.309 e. The summed E-state index contributed by atoms with van der Waals surface area (Å²) in [5.41, 5.74) is 2.34. The number of nitrogens with one attached hydrogen (secondary N) is 1. The van der Waals surface area contributed by atoms with E-state index in [1.54, 1.807) is 4.68 Å². The van der Waals surface area contributed by atoms with Crippen LogP contribution in [-0.4, -0.2) is 15.7 Å². The predicted molar refractivity (Wildman–Crippen MR) is 98.7 cm³/mol.